The SMILES string of the molecule is C[C@@H](O)C1NC(=O)[C@@H](NC(=O)OCC2c3ccccc3-c3ccccc32)C[C@@H](O)CNC(=O)C2[C@@H](O)[C@@H](C)CN2C(=O)C([C@H](O)CC(N)=O)NC(=O)C([C@H](O)[C@@H](O)c2ccc(O)c(OS(=O)(=O)O)c2)NC(=O)C2C[C@@H](O)CN2C1=O. The molecule has 5 unspecified atom stereocenters. The number of carbonyl (C=O) groups excluding carboxylic acids is 8. The molecule has 1 aliphatic carbocycles. The number of phenols is 1. The van der Waals surface area contributed by atoms with Crippen molar-refractivity contribution >= 4 is 57.8 Å². The highest BCUT2D eigenvalue weighted by Crippen LogP contribution is 2.44. The van der Waals surface area contributed by atoms with E-state index in [0.717, 1.165) is 41.3 Å². The van der Waals surface area contributed by atoms with Crippen LogP contribution in [0, 0.1) is 5.92 Å². The molecular formula is C50H62N8O21S. The van der Waals surface area contributed by atoms with Gasteiger partial charge in [0.2, 0.25) is 41.4 Å². The van der Waals surface area contributed by atoms with Crippen LogP contribution >= 0.6 is 0 Å². The van der Waals surface area contributed by atoms with Crippen molar-refractivity contribution in [2.45, 2.75) is 118 Å². The summed E-state index contributed by atoms with van der Waals surface area (Å²) in [5.41, 5.74) is 8.25. The Morgan fingerprint density at radius 1 is 0.775 bits per heavy atom. The summed E-state index contributed by atoms with van der Waals surface area (Å²) in [6.07, 6.45) is -17.8. The molecule has 3 aliphatic heterocycles. The number of ether oxygens (including phenoxy) is 1. The van der Waals surface area contributed by atoms with E-state index in [1.54, 1.807) is 0 Å². The van der Waals surface area contributed by atoms with Gasteiger partial charge >= 0.3 is 16.5 Å². The molecule has 3 heterocycles. The van der Waals surface area contributed by atoms with Gasteiger partial charge in [-0.1, -0.05) is 61.5 Å². The first-order chi connectivity index (χ1) is 37.6. The average molecular weight is 1140 g/mol. The molecule has 3 aromatic rings. The molecule has 3 aromatic carbocycles. The molecule has 16 N–H and O–H groups in total. The Morgan fingerprint density at radius 3 is 1.99 bits per heavy atom. The van der Waals surface area contributed by atoms with E-state index in [4.69, 9.17) is 10.5 Å². The molecule has 0 bridgehead atoms. The van der Waals surface area contributed by atoms with Crippen LogP contribution in [0.25, 0.3) is 11.1 Å². The largest absolute Gasteiger partial charge is 0.504 e. The van der Waals surface area contributed by atoms with Crippen LogP contribution in [-0.2, 0) is 48.7 Å². The second kappa shape index (κ2) is 24.9. The van der Waals surface area contributed by atoms with E-state index in [0.29, 0.717) is 15.9 Å². The number of phenolic OH excluding ortho intramolecular Hbond substituents is 1. The number of hydrogen-bond acceptors (Lipinski definition) is 20. The molecule has 29 nitrogen and oxygen atoms in total. The maximum atomic E-state index is 14.6. The number of nitrogens with zero attached hydrogens (tertiary/aromatic N) is 2. The van der Waals surface area contributed by atoms with Gasteiger partial charge < -0.3 is 91.9 Å². The monoisotopic (exact) mass is 1140 g/mol. The molecular weight excluding hydrogens is 1080 g/mol. The Labute approximate surface area is 456 Å². The summed E-state index contributed by atoms with van der Waals surface area (Å²) >= 11 is 0. The zero-order valence-electron chi connectivity index (χ0n) is 42.8. The van der Waals surface area contributed by atoms with Crippen LogP contribution in [0.15, 0.2) is 66.7 Å². The lowest BCUT2D eigenvalue weighted by Crippen LogP contribution is -2.64. The number of rotatable bonds is 12. The van der Waals surface area contributed by atoms with Crippen molar-refractivity contribution in [1.82, 2.24) is 36.4 Å². The molecule has 0 radical (unpaired) electrons. The van der Waals surface area contributed by atoms with Crippen molar-refractivity contribution in [1.29, 1.82) is 0 Å². The number of benzene rings is 3. The first-order valence-electron chi connectivity index (χ1n) is 25.1. The van der Waals surface area contributed by atoms with Crippen LogP contribution < -0.4 is 36.5 Å². The summed E-state index contributed by atoms with van der Waals surface area (Å²) in [7, 11) is -5.33. The maximum absolute atomic E-state index is 14.6. The lowest BCUT2D eigenvalue weighted by molar-refractivity contribution is -0.148. The van der Waals surface area contributed by atoms with Crippen LogP contribution in [0.4, 0.5) is 4.79 Å². The van der Waals surface area contributed by atoms with Crippen LogP contribution in [-0.4, -0.2) is 210 Å². The van der Waals surface area contributed by atoms with Gasteiger partial charge in [0.05, 0.1) is 36.9 Å². The topological polar surface area (TPSA) is 464 Å². The molecule has 7 rings (SSSR count). The van der Waals surface area contributed by atoms with Crippen molar-refractivity contribution in [2.24, 2.45) is 11.7 Å². The van der Waals surface area contributed by atoms with Gasteiger partial charge in [0.15, 0.2) is 11.5 Å². The summed E-state index contributed by atoms with van der Waals surface area (Å²) in [4.78, 5) is 114. The minimum absolute atomic E-state index is 0.248. The van der Waals surface area contributed by atoms with Gasteiger partial charge in [-0.3, -0.25) is 38.1 Å². The molecule has 0 spiro atoms. The Kier molecular flexibility index (Phi) is 18.7. The van der Waals surface area contributed by atoms with Gasteiger partial charge in [-0.25, -0.2) is 4.79 Å². The normalized spacial score (nSPS) is 27.8. The fourth-order valence-electron chi connectivity index (χ4n) is 10.3. The highest BCUT2D eigenvalue weighted by molar-refractivity contribution is 7.81. The molecule has 4 aliphatic rings. The lowest BCUT2D eigenvalue weighted by atomic mass is 9.96. The Bertz CT molecular complexity index is 2940. The van der Waals surface area contributed by atoms with E-state index in [-0.39, 0.29) is 6.61 Å². The Morgan fingerprint density at radius 2 is 1.38 bits per heavy atom. The molecule has 80 heavy (non-hydrogen) atoms. The summed E-state index contributed by atoms with van der Waals surface area (Å²) in [6, 6.07) is 4.49. The first-order valence-corrected chi connectivity index (χ1v) is 26.5. The van der Waals surface area contributed by atoms with E-state index in [9.17, 15) is 92.2 Å². The van der Waals surface area contributed by atoms with E-state index in [1.165, 1.54) is 6.92 Å². The number of aliphatic hydroxyl groups is 7. The summed E-state index contributed by atoms with van der Waals surface area (Å²) in [5.74, 6) is -12.7. The number of nitrogens with one attached hydrogen (secondary N) is 5. The molecule has 14 atom stereocenters. The van der Waals surface area contributed by atoms with E-state index >= 15 is 0 Å². The number of aromatic hydroxyl groups is 1. The molecule has 8 amide bonds. The Hall–Kier alpha value is -7.55. The predicted molar refractivity (Wildman–Crippen MR) is 271 cm³/mol. The molecule has 30 heteroatoms. The van der Waals surface area contributed by atoms with Crippen LogP contribution in [0.3, 0.4) is 0 Å². The van der Waals surface area contributed by atoms with Crippen LogP contribution in [0.2, 0.25) is 0 Å². The number of carbonyl (C=O) groups is 8. The van der Waals surface area contributed by atoms with Gasteiger partial charge in [-0.2, -0.15) is 8.42 Å². The molecule has 434 valence electrons. The van der Waals surface area contributed by atoms with Crippen molar-refractivity contribution in [3.63, 3.8) is 0 Å². The predicted octanol–water partition coefficient (Wildman–Crippen LogP) is -5.00. The number of hydrogen-bond donors (Lipinski definition) is 15. The van der Waals surface area contributed by atoms with Gasteiger partial charge in [0.25, 0.3) is 0 Å². The second-order valence-corrected chi connectivity index (χ2v) is 21.1. The summed E-state index contributed by atoms with van der Waals surface area (Å²) < 4.78 is 42.3. The van der Waals surface area contributed by atoms with Gasteiger partial charge in [-0.05, 0) is 46.9 Å². The smallest absolute Gasteiger partial charge is 0.446 e. The number of fused-ring (bicyclic) bond motifs is 5. The fraction of sp³-hybridized carbons (Fsp3) is 0.480. The number of nitrogens with two attached hydrogens (primary N) is 1. The Balaban J connectivity index is 1.25. The van der Waals surface area contributed by atoms with Crippen molar-refractivity contribution in [3.05, 3.63) is 83.4 Å². The molecule has 0 saturated carbocycles. The highest BCUT2D eigenvalue weighted by atomic mass is 32.3. The molecule has 3 saturated heterocycles. The standard InChI is InChI=1S/C50H62N8O21S/c1-21-18-58-40(41(21)65)47(71)52-17-24(60)14-31(53-50(74)78-20-30-28-9-5-3-7-26(28)27-8-4-6-10-29(27)30)44(68)54-37(22(2)59)48(72)57-19-25(61)15-32(57)45(69)56-39(46(70)55-38(49(58)73)34(63)16-36(51)64)43(67)42(66)23-11-12-33(62)35(13-23)79-80(75,76)77/h3-13,21-22,24-25,30-32,34,37-43,59-63,65-67H,14-20H2,1-2H3,(H2,51,64)(H,52,71)(H,53,74)(H,54,68)(H,55,70)(H,56,69)(H,75,76,77)/t21-,22+,24+,25+,31-,32?,34+,37?,38?,39?,40?,41-,42-,43-/m0/s1. The number of β-amino-alcohol motifs (C(OH)–C–C–N with tert-alkyl or cyclic N) is 1. The number of alkyl carbamates (subject to hydrolysis) is 1. The van der Waals surface area contributed by atoms with Gasteiger partial charge in [-0.15, -0.1) is 0 Å². The minimum Gasteiger partial charge on any atom is -0.504 e. The summed E-state index contributed by atoms with van der Waals surface area (Å²) in [6.45, 7) is 0.309. The van der Waals surface area contributed by atoms with E-state index in [1.807, 2.05) is 48.5 Å². The highest BCUT2D eigenvalue weighted by Gasteiger charge is 2.50. The van der Waals surface area contributed by atoms with Crippen molar-refractivity contribution < 1.29 is 101 Å². The van der Waals surface area contributed by atoms with Gasteiger partial charge in [0.1, 0.15) is 55.1 Å². The van der Waals surface area contributed by atoms with Crippen LogP contribution in [0.1, 0.15) is 61.8 Å². The van der Waals surface area contributed by atoms with E-state index in [2.05, 4.69) is 30.8 Å². The molecule has 3 fully saturated rings. The minimum atomic E-state index is -5.33. The first kappa shape index (κ1) is 60.1. The third-order valence-corrected chi connectivity index (χ3v) is 14.7. The lowest BCUT2D eigenvalue weighted by Gasteiger charge is -2.34. The third kappa shape index (κ3) is 13.5. The van der Waals surface area contributed by atoms with Gasteiger partial charge in [0, 0.05) is 44.3 Å². The number of amides is 8. The summed E-state index contributed by atoms with van der Waals surface area (Å²) in [5, 5.41) is 101. The molecule has 0 aromatic heterocycles. The zero-order chi connectivity index (χ0) is 58.7. The second-order valence-electron chi connectivity index (χ2n) is 20.1. The third-order valence-electron chi connectivity index (χ3n) is 14.3. The van der Waals surface area contributed by atoms with Crippen molar-refractivity contribution in [3.8, 4) is 22.6 Å². The van der Waals surface area contributed by atoms with Crippen LogP contribution in [0.5, 0.6) is 11.5 Å². The fourth-order valence-corrected chi connectivity index (χ4v) is 10.6. The zero-order valence-corrected chi connectivity index (χ0v) is 43.6. The average Bonchev–Trinajstić information content (AvgIpc) is 4.05. The number of primary amides is 1. The van der Waals surface area contributed by atoms with Crippen molar-refractivity contribution in [2.75, 3.05) is 26.2 Å². The maximum Gasteiger partial charge on any atom is 0.446 e. The van der Waals surface area contributed by atoms with E-state index < -0.39 is 205 Å². The number of aliphatic hydroxyl groups excluding tert-OH is 7. The quantitative estimate of drug-likeness (QED) is 0.0755.